The van der Waals surface area contributed by atoms with Gasteiger partial charge >= 0.3 is 0 Å². The first kappa shape index (κ1) is 21.5. The molecule has 7 nitrogen and oxygen atoms in total. The van der Waals surface area contributed by atoms with E-state index in [0.717, 1.165) is 21.9 Å². The highest BCUT2D eigenvalue weighted by Gasteiger charge is 2.65. The Labute approximate surface area is 213 Å². The van der Waals surface area contributed by atoms with E-state index in [9.17, 15) is 14.4 Å². The van der Waals surface area contributed by atoms with Gasteiger partial charge in [-0.3, -0.25) is 19.4 Å². The molecule has 2 fully saturated rings. The molecular weight excluding hydrogens is 464 g/mol. The Balaban J connectivity index is 1.36. The fourth-order valence-corrected chi connectivity index (χ4v) is 6.05. The minimum atomic E-state index is -0.934. The number of hydrogen-bond donors (Lipinski definition) is 1. The van der Waals surface area contributed by atoms with Gasteiger partial charge in [-0.05, 0) is 34.7 Å². The molecule has 0 aromatic heterocycles. The molecule has 180 valence electrons. The second-order valence-electron chi connectivity index (χ2n) is 9.56. The van der Waals surface area contributed by atoms with Crippen LogP contribution in [0.15, 0.2) is 102 Å². The quantitative estimate of drug-likeness (QED) is 0.437. The Kier molecular flexibility index (Phi) is 4.72. The van der Waals surface area contributed by atoms with Crippen LogP contribution in [0.3, 0.4) is 0 Å². The molecule has 0 aliphatic carbocycles. The molecule has 4 aromatic rings. The van der Waals surface area contributed by atoms with E-state index in [0.29, 0.717) is 11.4 Å². The number of para-hydroxylation sites is 1. The molecule has 3 amide bonds. The largest absolute Gasteiger partial charge is 0.324 e. The first-order chi connectivity index (χ1) is 18.1. The van der Waals surface area contributed by atoms with Gasteiger partial charge in [0.2, 0.25) is 17.7 Å². The number of nitrogens with zero attached hydrogens (tertiary/aromatic N) is 3. The summed E-state index contributed by atoms with van der Waals surface area (Å²) in [7, 11) is 0. The van der Waals surface area contributed by atoms with Gasteiger partial charge in [0.05, 0.1) is 29.8 Å². The van der Waals surface area contributed by atoms with Crippen LogP contribution in [0.1, 0.15) is 17.2 Å². The zero-order chi connectivity index (χ0) is 25.1. The van der Waals surface area contributed by atoms with Gasteiger partial charge < -0.3 is 5.32 Å². The highest BCUT2D eigenvalue weighted by molar-refractivity contribution is 6.26. The van der Waals surface area contributed by atoms with E-state index < -0.39 is 23.9 Å². The maximum absolute atomic E-state index is 14.1. The molecule has 3 aliphatic rings. The van der Waals surface area contributed by atoms with Crippen molar-refractivity contribution in [2.75, 3.05) is 10.2 Å². The van der Waals surface area contributed by atoms with Crippen LogP contribution in [0, 0.1) is 11.8 Å². The first-order valence-corrected chi connectivity index (χ1v) is 12.3. The van der Waals surface area contributed by atoms with Crippen LogP contribution in [0.5, 0.6) is 0 Å². The standard InChI is InChI=1S/C30H22N4O3/c35-28(32-20-12-2-1-3-13-20)27-25-24(26-22-15-7-5-10-19(22)17-31-34(26)27)29(36)33(30(25)37)23-16-8-11-18-9-4-6-14-21(18)23/h1-17,24-27H,(H,32,35)/t24-,25+,26-,27-/m1/s1. The Bertz CT molecular complexity index is 1610. The average Bonchev–Trinajstić information content (AvgIpc) is 3.41. The maximum Gasteiger partial charge on any atom is 0.249 e. The van der Waals surface area contributed by atoms with Crippen molar-refractivity contribution in [3.63, 3.8) is 0 Å². The molecule has 0 bridgehead atoms. The molecule has 2 saturated heterocycles. The molecule has 3 heterocycles. The topological polar surface area (TPSA) is 82.1 Å². The number of anilines is 2. The normalized spacial score (nSPS) is 23.7. The lowest BCUT2D eigenvalue weighted by atomic mass is 9.85. The third-order valence-electron chi connectivity index (χ3n) is 7.61. The van der Waals surface area contributed by atoms with Crippen molar-refractivity contribution < 1.29 is 14.4 Å². The predicted octanol–water partition coefficient (Wildman–Crippen LogP) is 4.36. The van der Waals surface area contributed by atoms with Crippen LogP contribution >= 0.6 is 0 Å². The molecule has 0 spiro atoms. The summed E-state index contributed by atoms with van der Waals surface area (Å²) in [6, 6.07) is 28.6. The number of amides is 3. The number of hydrogen-bond acceptors (Lipinski definition) is 5. The Morgan fingerprint density at radius 3 is 2.32 bits per heavy atom. The minimum Gasteiger partial charge on any atom is -0.324 e. The van der Waals surface area contributed by atoms with Crippen molar-refractivity contribution in [1.29, 1.82) is 0 Å². The van der Waals surface area contributed by atoms with E-state index in [-0.39, 0.29) is 17.7 Å². The number of carbonyl (C=O) groups excluding carboxylic acids is 3. The lowest BCUT2D eigenvalue weighted by molar-refractivity contribution is -0.129. The zero-order valence-electron chi connectivity index (χ0n) is 19.7. The summed E-state index contributed by atoms with van der Waals surface area (Å²) in [5.41, 5.74) is 2.94. The molecular formula is C30H22N4O3. The van der Waals surface area contributed by atoms with Gasteiger partial charge in [-0.15, -0.1) is 0 Å². The van der Waals surface area contributed by atoms with E-state index >= 15 is 0 Å². The Morgan fingerprint density at radius 2 is 1.46 bits per heavy atom. The van der Waals surface area contributed by atoms with Crippen molar-refractivity contribution in [1.82, 2.24) is 5.01 Å². The van der Waals surface area contributed by atoms with Crippen LogP contribution in [0.4, 0.5) is 11.4 Å². The van der Waals surface area contributed by atoms with Crippen LogP contribution in [-0.4, -0.2) is 35.0 Å². The number of carbonyl (C=O) groups is 3. The molecule has 4 aromatic carbocycles. The summed E-state index contributed by atoms with van der Waals surface area (Å²) < 4.78 is 0. The van der Waals surface area contributed by atoms with Gasteiger partial charge in [0, 0.05) is 11.1 Å². The molecule has 1 N–H and O–H groups in total. The van der Waals surface area contributed by atoms with Crippen molar-refractivity contribution in [3.05, 3.63) is 108 Å². The van der Waals surface area contributed by atoms with Gasteiger partial charge in [0.15, 0.2) is 0 Å². The number of nitrogens with one attached hydrogen (secondary N) is 1. The minimum absolute atomic E-state index is 0.303. The predicted molar refractivity (Wildman–Crippen MR) is 141 cm³/mol. The number of hydrazone groups is 1. The molecule has 0 saturated carbocycles. The Hall–Kier alpha value is -4.78. The van der Waals surface area contributed by atoms with E-state index in [2.05, 4.69) is 10.4 Å². The first-order valence-electron chi connectivity index (χ1n) is 12.3. The van der Waals surface area contributed by atoms with Crippen LogP contribution in [-0.2, 0) is 14.4 Å². The van der Waals surface area contributed by atoms with E-state index in [1.165, 1.54) is 4.90 Å². The summed E-state index contributed by atoms with van der Waals surface area (Å²) in [5.74, 6) is -2.65. The molecule has 7 heteroatoms. The lowest BCUT2D eigenvalue weighted by Crippen LogP contribution is -2.46. The smallest absolute Gasteiger partial charge is 0.249 e. The second kappa shape index (κ2) is 8.13. The third kappa shape index (κ3) is 3.13. The Morgan fingerprint density at radius 1 is 0.757 bits per heavy atom. The van der Waals surface area contributed by atoms with Crippen molar-refractivity contribution in [2.24, 2.45) is 16.9 Å². The third-order valence-corrected chi connectivity index (χ3v) is 7.61. The fourth-order valence-electron chi connectivity index (χ4n) is 6.05. The summed E-state index contributed by atoms with van der Waals surface area (Å²) in [4.78, 5) is 43.3. The number of fused-ring (bicyclic) bond motifs is 6. The van der Waals surface area contributed by atoms with Gasteiger partial charge in [-0.2, -0.15) is 5.10 Å². The van der Waals surface area contributed by atoms with Gasteiger partial charge in [-0.1, -0.05) is 78.9 Å². The number of benzene rings is 4. The van der Waals surface area contributed by atoms with Gasteiger partial charge in [0.1, 0.15) is 6.04 Å². The SMILES string of the molecule is O=C(Nc1ccccc1)[C@H]1[C@H]2C(=O)N(c3cccc4ccccc34)C(=O)[C@H]2[C@H]2c3ccccc3C=NN21. The highest BCUT2D eigenvalue weighted by Crippen LogP contribution is 2.53. The highest BCUT2D eigenvalue weighted by atomic mass is 16.2. The van der Waals surface area contributed by atoms with Gasteiger partial charge in [-0.25, -0.2) is 4.90 Å². The number of imide groups is 1. The van der Waals surface area contributed by atoms with Crippen molar-refractivity contribution in [3.8, 4) is 0 Å². The molecule has 3 aliphatic heterocycles. The van der Waals surface area contributed by atoms with Crippen LogP contribution < -0.4 is 10.2 Å². The zero-order valence-corrected chi connectivity index (χ0v) is 19.7. The molecule has 0 unspecified atom stereocenters. The van der Waals surface area contributed by atoms with Gasteiger partial charge in [0.25, 0.3) is 0 Å². The maximum atomic E-state index is 14.1. The second-order valence-corrected chi connectivity index (χ2v) is 9.56. The van der Waals surface area contributed by atoms with Crippen molar-refractivity contribution >= 4 is 46.1 Å². The van der Waals surface area contributed by atoms with E-state index in [4.69, 9.17) is 0 Å². The molecule has 4 atom stereocenters. The summed E-state index contributed by atoms with van der Waals surface area (Å²) in [6.45, 7) is 0. The summed E-state index contributed by atoms with van der Waals surface area (Å²) >= 11 is 0. The van der Waals surface area contributed by atoms with Crippen LogP contribution in [0.2, 0.25) is 0 Å². The molecule has 37 heavy (non-hydrogen) atoms. The van der Waals surface area contributed by atoms with E-state index in [1.54, 1.807) is 29.4 Å². The van der Waals surface area contributed by atoms with E-state index in [1.807, 2.05) is 78.9 Å². The van der Waals surface area contributed by atoms with Crippen LogP contribution in [0.25, 0.3) is 10.8 Å². The summed E-state index contributed by atoms with van der Waals surface area (Å²) in [5, 5.41) is 10.9. The average molecular weight is 487 g/mol. The monoisotopic (exact) mass is 486 g/mol. The van der Waals surface area contributed by atoms with Crippen molar-refractivity contribution in [2.45, 2.75) is 12.1 Å². The number of rotatable bonds is 3. The summed E-state index contributed by atoms with van der Waals surface area (Å²) in [6.07, 6.45) is 1.70. The lowest BCUT2D eigenvalue weighted by Gasteiger charge is -2.33. The molecule has 7 rings (SSSR count). The molecule has 0 radical (unpaired) electrons. The fraction of sp³-hybridized carbons (Fsp3) is 0.133.